The number of hydrogen-bond acceptors (Lipinski definition) is 5. The van der Waals surface area contributed by atoms with Gasteiger partial charge in [0.25, 0.3) is 5.56 Å². The summed E-state index contributed by atoms with van der Waals surface area (Å²) < 4.78 is 8.14. The van der Waals surface area contributed by atoms with Crippen molar-refractivity contribution in [3.63, 3.8) is 0 Å². The van der Waals surface area contributed by atoms with E-state index < -0.39 is 18.1 Å². The number of carbonyl (C=O) groups is 1. The molecule has 1 aliphatic heterocycles. The van der Waals surface area contributed by atoms with Gasteiger partial charge in [0, 0.05) is 19.3 Å². The number of aliphatic carboxylic acids is 1. The molecule has 2 aromatic rings. The number of fused-ring (bicyclic) bond motifs is 1. The first kappa shape index (κ1) is 15.5. The summed E-state index contributed by atoms with van der Waals surface area (Å²) in [7, 11) is 0. The highest BCUT2D eigenvalue weighted by Gasteiger charge is 2.20. The molecule has 0 spiro atoms. The third kappa shape index (κ3) is 2.94. The van der Waals surface area contributed by atoms with Crippen LogP contribution < -0.4 is 10.5 Å². The van der Waals surface area contributed by atoms with Crippen LogP contribution in [0.1, 0.15) is 25.3 Å². The summed E-state index contributed by atoms with van der Waals surface area (Å²) in [6.45, 7) is 6.12. The number of carboxylic acid groups (broad SMARTS) is 1. The van der Waals surface area contributed by atoms with Gasteiger partial charge in [-0.3, -0.25) is 14.0 Å². The maximum atomic E-state index is 12.5. The highest BCUT2D eigenvalue weighted by Crippen LogP contribution is 2.21. The summed E-state index contributed by atoms with van der Waals surface area (Å²) in [4.78, 5) is 25.5. The van der Waals surface area contributed by atoms with Gasteiger partial charge in [-0.1, -0.05) is 13.8 Å². The Labute approximate surface area is 132 Å². The van der Waals surface area contributed by atoms with Crippen molar-refractivity contribution in [3.8, 4) is 0 Å². The molecule has 1 aliphatic rings. The van der Waals surface area contributed by atoms with Gasteiger partial charge < -0.3 is 14.7 Å². The molecular formula is C15H20N4O4. The molecule has 0 atom stereocenters. The lowest BCUT2D eigenvalue weighted by atomic mass is 10.1. The van der Waals surface area contributed by atoms with Crippen molar-refractivity contribution >= 4 is 17.4 Å². The molecule has 8 heteroatoms. The van der Waals surface area contributed by atoms with E-state index in [0.717, 1.165) is 10.2 Å². The zero-order valence-corrected chi connectivity index (χ0v) is 13.2. The number of rotatable bonds is 4. The zero-order chi connectivity index (χ0) is 16.6. The van der Waals surface area contributed by atoms with E-state index in [1.54, 1.807) is 4.40 Å². The maximum Gasteiger partial charge on any atom is 0.325 e. The van der Waals surface area contributed by atoms with Crippen molar-refractivity contribution in [3.05, 3.63) is 28.2 Å². The predicted molar refractivity (Wildman–Crippen MR) is 84.2 cm³/mol. The quantitative estimate of drug-likeness (QED) is 0.884. The van der Waals surface area contributed by atoms with Gasteiger partial charge >= 0.3 is 5.97 Å². The fourth-order valence-electron chi connectivity index (χ4n) is 2.68. The van der Waals surface area contributed by atoms with Crippen LogP contribution in [0.15, 0.2) is 17.1 Å². The molecule has 1 fully saturated rings. The third-order valence-corrected chi connectivity index (χ3v) is 3.97. The van der Waals surface area contributed by atoms with Crippen LogP contribution in [0.4, 0.5) is 5.95 Å². The summed E-state index contributed by atoms with van der Waals surface area (Å²) in [6.07, 6.45) is 1.91. The van der Waals surface area contributed by atoms with Crippen LogP contribution in [0.5, 0.6) is 0 Å². The number of morpholine rings is 1. The van der Waals surface area contributed by atoms with Crippen LogP contribution in [0.2, 0.25) is 0 Å². The fraction of sp³-hybridized carbons (Fsp3) is 0.533. The second-order valence-corrected chi connectivity index (χ2v) is 5.94. The van der Waals surface area contributed by atoms with Crippen molar-refractivity contribution in [1.29, 1.82) is 0 Å². The van der Waals surface area contributed by atoms with Gasteiger partial charge in [-0.15, -0.1) is 5.10 Å². The molecule has 0 unspecified atom stereocenters. The molecule has 0 bridgehead atoms. The molecule has 0 amide bonds. The second kappa shape index (κ2) is 6.04. The molecule has 2 aromatic heterocycles. The van der Waals surface area contributed by atoms with Crippen LogP contribution in [0.25, 0.3) is 5.52 Å². The SMILES string of the molecule is CC(C)c1cc2c(=O)n(CC(=O)O)nc(N3CCOCC3)n2c1. The number of ether oxygens (including phenoxy) is 1. The molecule has 1 saturated heterocycles. The van der Waals surface area contributed by atoms with Gasteiger partial charge in [0.05, 0.1) is 13.2 Å². The lowest BCUT2D eigenvalue weighted by Gasteiger charge is -2.28. The van der Waals surface area contributed by atoms with E-state index in [9.17, 15) is 9.59 Å². The topological polar surface area (TPSA) is 89.1 Å². The van der Waals surface area contributed by atoms with Gasteiger partial charge in [0.1, 0.15) is 12.1 Å². The van der Waals surface area contributed by atoms with Crippen LogP contribution in [-0.2, 0) is 16.1 Å². The molecule has 23 heavy (non-hydrogen) atoms. The maximum absolute atomic E-state index is 12.5. The van der Waals surface area contributed by atoms with Crippen molar-refractivity contribution in [2.75, 3.05) is 31.2 Å². The van der Waals surface area contributed by atoms with Crippen molar-refractivity contribution < 1.29 is 14.6 Å². The Morgan fingerprint density at radius 3 is 2.70 bits per heavy atom. The van der Waals surface area contributed by atoms with Gasteiger partial charge in [-0.05, 0) is 17.5 Å². The van der Waals surface area contributed by atoms with Crippen LogP contribution in [0, 0.1) is 0 Å². The number of aromatic nitrogens is 3. The Hall–Kier alpha value is -2.35. The molecule has 8 nitrogen and oxygen atoms in total. The fourth-order valence-corrected chi connectivity index (χ4v) is 2.68. The zero-order valence-electron chi connectivity index (χ0n) is 13.2. The monoisotopic (exact) mass is 320 g/mol. The summed E-state index contributed by atoms with van der Waals surface area (Å²) in [5.41, 5.74) is 1.08. The smallest absolute Gasteiger partial charge is 0.325 e. The van der Waals surface area contributed by atoms with Crippen LogP contribution >= 0.6 is 0 Å². The highest BCUT2D eigenvalue weighted by atomic mass is 16.5. The first-order valence-electron chi connectivity index (χ1n) is 7.65. The molecule has 3 rings (SSSR count). The van der Waals surface area contributed by atoms with Gasteiger partial charge in [0.15, 0.2) is 0 Å². The van der Waals surface area contributed by atoms with Crippen molar-refractivity contribution in [2.45, 2.75) is 26.3 Å². The van der Waals surface area contributed by atoms with Crippen LogP contribution in [0.3, 0.4) is 0 Å². The Balaban J connectivity index is 2.20. The second-order valence-electron chi connectivity index (χ2n) is 5.94. The minimum atomic E-state index is -1.09. The molecule has 0 radical (unpaired) electrons. The summed E-state index contributed by atoms with van der Waals surface area (Å²) >= 11 is 0. The van der Waals surface area contributed by atoms with Crippen molar-refractivity contribution in [2.24, 2.45) is 0 Å². The average molecular weight is 320 g/mol. The van der Waals surface area contributed by atoms with E-state index in [2.05, 4.69) is 5.10 Å². The van der Waals surface area contributed by atoms with E-state index in [1.165, 1.54) is 0 Å². The number of nitrogens with zero attached hydrogens (tertiary/aromatic N) is 4. The largest absolute Gasteiger partial charge is 0.480 e. The first-order valence-corrected chi connectivity index (χ1v) is 7.65. The molecule has 0 saturated carbocycles. The Morgan fingerprint density at radius 2 is 2.09 bits per heavy atom. The minimum Gasteiger partial charge on any atom is -0.480 e. The standard InChI is InChI=1S/C15H20N4O4/c1-10(2)11-7-12-14(22)19(9-13(20)21)16-15(18(12)8-11)17-3-5-23-6-4-17/h7-8,10H,3-6,9H2,1-2H3,(H,20,21). The molecule has 0 aliphatic carbocycles. The molecule has 0 aromatic carbocycles. The summed E-state index contributed by atoms with van der Waals surface area (Å²) in [5.74, 6) is -0.247. The van der Waals surface area contributed by atoms with E-state index in [0.29, 0.717) is 37.8 Å². The summed E-state index contributed by atoms with van der Waals surface area (Å²) in [6, 6.07) is 1.82. The first-order chi connectivity index (χ1) is 11.0. The van der Waals surface area contributed by atoms with Crippen molar-refractivity contribution in [1.82, 2.24) is 14.2 Å². The van der Waals surface area contributed by atoms with Crippen LogP contribution in [-0.4, -0.2) is 51.6 Å². The predicted octanol–water partition coefficient (Wildman–Crippen LogP) is 0.541. The van der Waals surface area contributed by atoms with E-state index in [-0.39, 0.29) is 5.92 Å². The highest BCUT2D eigenvalue weighted by molar-refractivity contribution is 5.66. The number of hydrogen-bond donors (Lipinski definition) is 1. The molecular weight excluding hydrogens is 300 g/mol. The normalized spacial score (nSPS) is 15.5. The minimum absolute atomic E-state index is 0.264. The number of carboxylic acids is 1. The average Bonchev–Trinajstić information content (AvgIpc) is 2.96. The molecule has 124 valence electrons. The van der Waals surface area contributed by atoms with E-state index >= 15 is 0 Å². The van der Waals surface area contributed by atoms with E-state index in [1.807, 2.05) is 31.0 Å². The Kier molecular flexibility index (Phi) is 4.08. The molecule has 3 heterocycles. The molecule has 1 N–H and O–H groups in total. The number of anilines is 1. The summed E-state index contributed by atoms with van der Waals surface area (Å²) in [5, 5.41) is 13.3. The van der Waals surface area contributed by atoms with Gasteiger partial charge in [-0.2, -0.15) is 0 Å². The Morgan fingerprint density at radius 1 is 1.39 bits per heavy atom. The lowest BCUT2D eigenvalue weighted by molar-refractivity contribution is -0.138. The lowest BCUT2D eigenvalue weighted by Crippen LogP contribution is -2.40. The van der Waals surface area contributed by atoms with Gasteiger partial charge in [0.2, 0.25) is 5.95 Å². The Bertz CT molecular complexity index is 787. The van der Waals surface area contributed by atoms with Gasteiger partial charge in [-0.25, -0.2) is 4.68 Å². The van der Waals surface area contributed by atoms with E-state index in [4.69, 9.17) is 9.84 Å². The third-order valence-electron chi connectivity index (χ3n) is 3.97.